The monoisotopic (exact) mass is 227 g/mol. The Morgan fingerprint density at radius 3 is 3.00 bits per heavy atom. The second-order valence-electron chi connectivity index (χ2n) is 4.53. The highest BCUT2D eigenvalue weighted by atomic mass is 16.1. The highest BCUT2D eigenvalue weighted by molar-refractivity contribution is 5.87. The van der Waals surface area contributed by atoms with Crippen LogP contribution in [0.3, 0.4) is 0 Å². The molecule has 2 nitrogen and oxygen atoms in total. The van der Waals surface area contributed by atoms with Gasteiger partial charge in [-0.1, -0.05) is 24.8 Å². The van der Waals surface area contributed by atoms with E-state index in [2.05, 4.69) is 42.7 Å². The van der Waals surface area contributed by atoms with Gasteiger partial charge in [0.05, 0.1) is 0 Å². The molecule has 2 rings (SSSR count). The van der Waals surface area contributed by atoms with Gasteiger partial charge in [-0.2, -0.15) is 0 Å². The van der Waals surface area contributed by atoms with Gasteiger partial charge >= 0.3 is 0 Å². The molecule has 0 spiro atoms. The van der Waals surface area contributed by atoms with Crippen LogP contribution in [0.25, 0.3) is 0 Å². The van der Waals surface area contributed by atoms with Crippen molar-refractivity contribution in [2.45, 2.75) is 32.2 Å². The second-order valence-corrected chi connectivity index (χ2v) is 4.53. The first-order chi connectivity index (χ1) is 8.20. The summed E-state index contributed by atoms with van der Waals surface area (Å²) in [6, 6.07) is 6.55. The van der Waals surface area contributed by atoms with E-state index in [4.69, 9.17) is 0 Å². The number of carbonyl (C=O) groups excluding carboxylic acids is 1. The molecular weight excluding hydrogens is 210 g/mol. The van der Waals surface area contributed by atoms with Crippen LogP contribution in [0.1, 0.15) is 35.4 Å². The average molecular weight is 227 g/mol. The van der Waals surface area contributed by atoms with Crippen molar-refractivity contribution in [3.8, 4) is 0 Å². The Kier molecular flexibility index (Phi) is 3.46. The molecule has 0 atom stereocenters. The predicted octanol–water partition coefficient (Wildman–Crippen LogP) is 2.83. The van der Waals surface area contributed by atoms with Crippen LogP contribution in [0.5, 0.6) is 0 Å². The number of nitrogens with one attached hydrogen (secondary N) is 1. The Hall–Kier alpha value is -1.79. The van der Waals surface area contributed by atoms with Crippen molar-refractivity contribution in [2.24, 2.45) is 0 Å². The second kappa shape index (κ2) is 5.03. The van der Waals surface area contributed by atoms with Crippen molar-refractivity contribution >= 4 is 5.91 Å². The Morgan fingerprint density at radius 1 is 1.59 bits per heavy atom. The first-order valence-corrected chi connectivity index (χ1v) is 5.94. The van der Waals surface area contributed by atoms with Crippen LogP contribution in [0, 0.1) is 6.92 Å². The van der Waals surface area contributed by atoms with Gasteiger partial charge in [0.1, 0.15) is 0 Å². The van der Waals surface area contributed by atoms with Crippen LogP contribution >= 0.6 is 0 Å². The summed E-state index contributed by atoms with van der Waals surface area (Å²) in [6.45, 7) is 6.02. The SMILES string of the molecule is C=C=CC(=O)NCc1cc(C2CC2)ccc1C. The van der Waals surface area contributed by atoms with E-state index in [-0.39, 0.29) is 5.91 Å². The van der Waals surface area contributed by atoms with Gasteiger partial charge in [-0.05, 0) is 42.4 Å². The van der Waals surface area contributed by atoms with Gasteiger partial charge in [0, 0.05) is 12.6 Å². The molecule has 1 N–H and O–H groups in total. The Balaban J connectivity index is 2.06. The fourth-order valence-corrected chi connectivity index (χ4v) is 1.88. The molecule has 0 aromatic heterocycles. The summed E-state index contributed by atoms with van der Waals surface area (Å²) in [5.74, 6) is 0.606. The van der Waals surface area contributed by atoms with Crippen LogP contribution in [0.4, 0.5) is 0 Å². The summed E-state index contributed by atoms with van der Waals surface area (Å²) in [5, 5.41) is 2.83. The van der Waals surface area contributed by atoms with E-state index in [1.807, 2.05) is 0 Å². The average Bonchev–Trinajstić information content (AvgIpc) is 3.12. The molecule has 0 heterocycles. The number of carbonyl (C=O) groups is 1. The molecule has 88 valence electrons. The molecule has 1 aliphatic rings. The van der Waals surface area contributed by atoms with Gasteiger partial charge in [0.15, 0.2) is 0 Å². The molecule has 1 saturated carbocycles. The van der Waals surface area contributed by atoms with Crippen LogP contribution in [-0.4, -0.2) is 5.91 Å². The first kappa shape index (κ1) is 11.7. The summed E-state index contributed by atoms with van der Waals surface area (Å²) in [5.41, 5.74) is 6.29. The van der Waals surface area contributed by atoms with E-state index in [1.165, 1.54) is 35.6 Å². The molecule has 1 aromatic rings. The molecule has 0 unspecified atom stereocenters. The highest BCUT2D eigenvalue weighted by Crippen LogP contribution is 2.40. The van der Waals surface area contributed by atoms with Gasteiger partial charge in [-0.15, -0.1) is 5.73 Å². The highest BCUT2D eigenvalue weighted by Gasteiger charge is 2.23. The lowest BCUT2D eigenvalue weighted by Gasteiger charge is -2.08. The molecule has 1 fully saturated rings. The van der Waals surface area contributed by atoms with E-state index in [0.717, 1.165) is 5.92 Å². The molecule has 1 aromatic carbocycles. The molecule has 0 aliphatic heterocycles. The van der Waals surface area contributed by atoms with Crippen LogP contribution in [0.2, 0.25) is 0 Å². The summed E-state index contributed by atoms with van der Waals surface area (Å²) in [6.07, 6.45) is 3.92. The third-order valence-corrected chi connectivity index (χ3v) is 3.11. The maximum atomic E-state index is 11.3. The van der Waals surface area contributed by atoms with E-state index in [1.54, 1.807) is 0 Å². The number of aryl methyl sites for hydroxylation is 1. The zero-order valence-corrected chi connectivity index (χ0v) is 10.1. The van der Waals surface area contributed by atoms with Crippen LogP contribution in [0.15, 0.2) is 36.6 Å². The quantitative estimate of drug-likeness (QED) is 0.622. The zero-order chi connectivity index (χ0) is 12.3. The third-order valence-electron chi connectivity index (χ3n) is 3.11. The molecular formula is C15H17NO. The van der Waals surface area contributed by atoms with Crippen molar-refractivity contribution in [1.29, 1.82) is 0 Å². The normalized spacial score (nSPS) is 13.9. The molecule has 0 bridgehead atoms. The van der Waals surface area contributed by atoms with Gasteiger partial charge in [0.25, 0.3) is 5.91 Å². The largest absolute Gasteiger partial charge is 0.348 e. The number of benzene rings is 1. The standard InChI is InChI=1S/C15H17NO/c1-3-4-15(17)16-10-14-9-13(12-7-8-12)6-5-11(14)2/h4-6,9,12H,1,7-8,10H2,2H3,(H,16,17). The third kappa shape index (κ3) is 3.08. The van der Waals surface area contributed by atoms with Crippen molar-refractivity contribution < 1.29 is 4.79 Å². The molecule has 17 heavy (non-hydrogen) atoms. The molecule has 1 amide bonds. The predicted molar refractivity (Wildman–Crippen MR) is 68.7 cm³/mol. The maximum absolute atomic E-state index is 11.3. The van der Waals surface area contributed by atoms with Gasteiger partial charge in [0.2, 0.25) is 0 Å². The molecule has 2 heteroatoms. The minimum atomic E-state index is -0.142. The molecule has 0 radical (unpaired) electrons. The fraction of sp³-hybridized carbons (Fsp3) is 0.333. The lowest BCUT2D eigenvalue weighted by Crippen LogP contribution is -2.20. The van der Waals surface area contributed by atoms with Crippen molar-refractivity contribution in [3.05, 3.63) is 53.3 Å². The minimum Gasteiger partial charge on any atom is -0.348 e. The molecule has 0 saturated heterocycles. The fourth-order valence-electron chi connectivity index (χ4n) is 1.88. The van der Waals surface area contributed by atoms with Crippen LogP contribution in [-0.2, 0) is 11.3 Å². The number of hydrogen-bond acceptors (Lipinski definition) is 1. The van der Waals surface area contributed by atoms with Crippen molar-refractivity contribution in [1.82, 2.24) is 5.32 Å². The number of rotatable bonds is 4. The summed E-state index contributed by atoms with van der Waals surface area (Å²) < 4.78 is 0. The van der Waals surface area contributed by atoms with Crippen LogP contribution < -0.4 is 5.32 Å². The zero-order valence-electron chi connectivity index (χ0n) is 10.1. The lowest BCUT2D eigenvalue weighted by molar-refractivity contribution is -0.116. The van der Waals surface area contributed by atoms with Gasteiger partial charge < -0.3 is 5.32 Å². The molecule has 1 aliphatic carbocycles. The number of hydrogen-bond donors (Lipinski definition) is 1. The van der Waals surface area contributed by atoms with E-state index < -0.39 is 0 Å². The first-order valence-electron chi connectivity index (χ1n) is 5.94. The maximum Gasteiger partial charge on any atom is 0.251 e. The summed E-state index contributed by atoms with van der Waals surface area (Å²) in [7, 11) is 0. The summed E-state index contributed by atoms with van der Waals surface area (Å²) in [4.78, 5) is 11.3. The van der Waals surface area contributed by atoms with Gasteiger partial charge in [-0.3, -0.25) is 4.79 Å². The summed E-state index contributed by atoms with van der Waals surface area (Å²) >= 11 is 0. The Morgan fingerprint density at radius 2 is 2.35 bits per heavy atom. The topological polar surface area (TPSA) is 29.1 Å². The minimum absolute atomic E-state index is 0.142. The van der Waals surface area contributed by atoms with E-state index >= 15 is 0 Å². The van der Waals surface area contributed by atoms with E-state index in [0.29, 0.717) is 6.54 Å². The van der Waals surface area contributed by atoms with Crippen molar-refractivity contribution in [2.75, 3.05) is 0 Å². The van der Waals surface area contributed by atoms with Crippen molar-refractivity contribution in [3.63, 3.8) is 0 Å². The Labute approximate surface area is 102 Å². The Bertz CT molecular complexity index is 480. The van der Waals surface area contributed by atoms with E-state index in [9.17, 15) is 4.79 Å². The smallest absolute Gasteiger partial charge is 0.251 e. The lowest BCUT2D eigenvalue weighted by atomic mass is 10.0. The number of amides is 1. The van der Waals surface area contributed by atoms with Gasteiger partial charge in [-0.25, -0.2) is 0 Å².